The number of cyclic esters (lactones) is 1. The minimum Gasteiger partial charge on any atom is -0.453 e. The second kappa shape index (κ2) is 7.30. The van der Waals surface area contributed by atoms with Crippen LogP contribution >= 0.6 is 0 Å². The molecule has 124 valence electrons. The normalized spacial score (nSPS) is 17.0. The van der Waals surface area contributed by atoms with Crippen molar-refractivity contribution in [3.05, 3.63) is 71.3 Å². The lowest BCUT2D eigenvalue weighted by molar-refractivity contribution is -0.123. The summed E-state index contributed by atoms with van der Waals surface area (Å²) < 4.78 is 5.30. The highest BCUT2D eigenvalue weighted by Crippen LogP contribution is 2.32. The molecule has 1 aliphatic rings. The van der Waals surface area contributed by atoms with Gasteiger partial charge in [0.15, 0.2) is 0 Å². The Labute approximate surface area is 141 Å². The molecule has 1 aliphatic heterocycles. The molecule has 0 radical (unpaired) electrons. The van der Waals surface area contributed by atoms with E-state index in [0.29, 0.717) is 18.0 Å². The summed E-state index contributed by atoms with van der Waals surface area (Å²) in [6.07, 6.45) is 0.569. The number of esters is 1. The van der Waals surface area contributed by atoms with E-state index in [0.717, 1.165) is 12.0 Å². The molecule has 1 amide bonds. The topological polar surface area (TPSA) is 55.4 Å². The van der Waals surface area contributed by atoms with Crippen LogP contribution in [0.25, 0.3) is 0 Å². The summed E-state index contributed by atoms with van der Waals surface area (Å²) in [6, 6.07) is 17.5. The minimum atomic E-state index is -0.472. The zero-order valence-electron chi connectivity index (χ0n) is 13.7. The summed E-state index contributed by atoms with van der Waals surface area (Å²) in [4.78, 5) is 23.9. The Morgan fingerprint density at radius 3 is 2.62 bits per heavy atom. The van der Waals surface area contributed by atoms with E-state index in [4.69, 9.17) is 4.74 Å². The summed E-state index contributed by atoms with van der Waals surface area (Å²) in [5.41, 5.74) is 2.63. The van der Waals surface area contributed by atoms with E-state index in [9.17, 15) is 9.59 Å². The van der Waals surface area contributed by atoms with Crippen LogP contribution in [0.5, 0.6) is 0 Å². The molecule has 4 nitrogen and oxygen atoms in total. The maximum atomic E-state index is 12.1. The van der Waals surface area contributed by atoms with E-state index in [-0.39, 0.29) is 18.3 Å². The third-order valence-electron chi connectivity index (χ3n) is 4.42. The van der Waals surface area contributed by atoms with Crippen LogP contribution in [0.2, 0.25) is 0 Å². The molecule has 4 heteroatoms. The van der Waals surface area contributed by atoms with E-state index in [1.807, 2.05) is 30.3 Å². The molecule has 2 aromatic carbocycles. The molecule has 0 bridgehead atoms. The molecule has 1 heterocycles. The third kappa shape index (κ3) is 3.65. The molecule has 3 rings (SSSR count). The van der Waals surface area contributed by atoms with Gasteiger partial charge in [-0.1, -0.05) is 55.5 Å². The van der Waals surface area contributed by atoms with Crippen molar-refractivity contribution >= 4 is 11.9 Å². The van der Waals surface area contributed by atoms with Crippen molar-refractivity contribution in [1.29, 1.82) is 0 Å². The van der Waals surface area contributed by atoms with Gasteiger partial charge in [-0.25, -0.2) is 4.79 Å². The van der Waals surface area contributed by atoms with Gasteiger partial charge in [-0.15, -0.1) is 0 Å². The Balaban J connectivity index is 1.48. The molecule has 0 unspecified atom stereocenters. The molecule has 0 aromatic heterocycles. The number of amides is 1. The molecular formula is C20H21NO3. The number of hydrogen-bond donors (Lipinski definition) is 1. The van der Waals surface area contributed by atoms with E-state index in [1.165, 1.54) is 5.56 Å². The second-order valence-corrected chi connectivity index (χ2v) is 6.14. The van der Waals surface area contributed by atoms with Crippen LogP contribution in [0.4, 0.5) is 0 Å². The van der Waals surface area contributed by atoms with Gasteiger partial charge in [-0.3, -0.25) is 4.79 Å². The highest BCUT2D eigenvalue weighted by atomic mass is 16.5. The average molecular weight is 323 g/mol. The number of benzene rings is 2. The van der Waals surface area contributed by atoms with Gasteiger partial charge >= 0.3 is 5.97 Å². The van der Waals surface area contributed by atoms with Crippen molar-refractivity contribution in [2.24, 2.45) is 0 Å². The molecule has 2 atom stereocenters. The van der Waals surface area contributed by atoms with E-state index in [2.05, 4.69) is 24.4 Å². The Morgan fingerprint density at radius 2 is 1.83 bits per heavy atom. The number of fused-ring (bicyclic) bond motifs is 1. The first-order valence-electron chi connectivity index (χ1n) is 8.26. The highest BCUT2D eigenvalue weighted by molar-refractivity contribution is 5.94. The van der Waals surface area contributed by atoms with Crippen LogP contribution in [0.15, 0.2) is 54.6 Å². The maximum Gasteiger partial charge on any atom is 0.339 e. The third-order valence-corrected chi connectivity index (χ3v) is 4.42. The van der Waals surface area contributed by atoms with Gasteiger partial charge in [0, 0.05) is 12.1 Å². The number of ether oxygens (including phenoxy) is 1. The van der Waals surface area contributed by atoms with Gasteiger partial charge in [0.05, 0.1) is 12.0 Å². The summed E-state index contributed by atoms with van der Waals surface area (Å²) in [6.45, 7) is 2.76. The molecule has 0 spiro atoms. The zero-order chi connectivity index (χ0) is 16.9. The summed E-state index contributed by atoms with van der Waals surface area (Å²) in [5.74, 6) is -0.0533. The molecule has 2 aromatic rings. The van der Waals surface area contributed by atoms with Gasteiger partial charge in [0.25, 0.3) is 0 Å². The largest absolute Gasteiger partial charge is 0.453 e. The molecule has 0 saturated heterocycles. The van der Waals surface area contributed by atoms with Crippen LogP contribution in [0.1, 0.15) is 53.3 Å². The Bertz CT molecular complexity index is 727. The van der Waals surface area contributed by atoms with E-state index >= 15 is 0 Å². The minimum absolute atomic E-state index is 0.0928. The number of carbonyl (C=O) groups is 2. The molecule has 0 aliphatic carbocycles. The number of carbonyl (C=O) groups excluding carboxylic acids is 2. The standard InChI is InChI=1S/C20H21NO3/c1-14(15-7-3-2-4-8-15)11-12-21-19(22)13-18-16-9-5-6-10-17(16)20(23)24-18/h2-10,14,18H,11-13H2,1H3,(H,21,22)/t14-,18-/m0/s1. The van der Waals surface area contributed by atoms with Crippen LogP contribution in [-0.2, 0) is 9.53 Å². The van der Waals surface area contributed by atoms with Crippen LogP contribution in [0, 0.1) is 0 Å². The van der Waals surface area contributed by atoms with Crippen molar-refractivity contribution < 1.29 is 14.3 Å². The van der Waals surface area contributed by atoms with Crippen molar-refractivity contribution in [3.63, 3.8) is 0 Å². The maximum absolute atomic E-state index is 12.1. The molecule has 0 fully saturated rings. The molecule has 0 saturated carbocycles. The number of hydrogen-bond acceptors (Lipinski definition) is 3. The second-order valence-electron chi connectivity index (χ2n) is 6.14. The monoisotopic (exact) mass is 323 g/mol. The lowest BCUT2D eigenvalue weighted by Crippen LogP contribution is -2.26. The van der Waals surface area contributed by atoms with Crippen molar-refractivity contribution in [1.82, 2.24) is 5.32 Å². The molecule has 1 N–H and O–H groups in total. The van der Waals surface area contributed by atoms with Gasteiger partial charge in [-0.05, 0) is 24.0 Å². The van der Waals surface area contributed by atoms with Crippen molar-refractivity contribution in [3.8, 4) is 0 Å². The first kappa shape index (κ1) is 16.2. The Morgan fingerprint density at radius 1 is 1.12 bits per heavy atom. The van der Waals surface area contributed by atoms with Gasteiger partial charge in [0.2, 0.25) is 5.91 Å². The fourth-order valence-electron chi connectivity index (χ4n) is 2.99. The van der Waals surface area contributed by atoms with Crippen LogP contribution in [-0.4, -0.2) is 18.4 Å². The first-order valence-corrected chi connectivity index (χ1v) is 8.26. The SMILES string of the molecule is C[C@@H](CCNC(=O)C[C@@H]1OC(=O)c2ccccc21)c1ccccc1. The van der Waals surface area contributed by atoms with Crippen LogP contribution < -0.4 is 5.32 Å². The van der Waals surface area contributed by atoms with E-state index < -0.39 is 6.10 Å². The predicted octanol–water partition coefficient (Wildman–Crippen LogP) is 3.60. The quantitative estimate of drug-likeness (QED) is 0.826. The lowest BCUT2D eigenvalue weighted by Gasteiger charge is -2.14. The zero-order valence-corrected chi connectivity index (χ0v) is 13.7. The fraction of sp³-hybridized carbons (Fsp3) is 0.300. The highest BCUT2D eigenvalue weighted by Gasteiger charge is 2.31. The Hall–Kier alpha value is -2.62. The molecular weight excluding hydrogens is 302 g/mol. The van der Waals surface area contributed by atoms with Crippen molar-refractivity contribution in [2.45, 2.75) is 31.8 Å². The fourth-order valence-corrected chi connectivity index (χ4v) is 2.99. The van der Waals surface area contributed by atoms with E-state index in [1.54, 1.807) is 12.1 Å². The molecule has 24 heavy (non-hydrogen) atoms. The average Bonchev–Trinajstić information content (AvgIpc) is 2.92. The summed E-state index contributed by atoms with van der Waals surface area (Å²) >= 11 is 0. The number of nitrogens with one attached hydrogen (secondary N) is 1. The van der Waals surface area contributed by atoms with Gasteiger partial charge < -0.3 is 10.1 Å². The first-order chi connectivity index (χ1) is 11.6. The lowest BCUT2D eigenvalue weighted by atomic mass is 9.98. The predicted molar refractivity (Wildman–Crippen MR) is 91.7 cm³/mol. The van der Waals surface area contributed by atoms with Gasteiger partial charge in [-0.2, -0.15) is 0 Å². The Kier molecular flexibility index (Phi) is 4.94. The number of rotatable bonds is 6. The van der Waals surface area contributed by atoms with Crippen LogP contribution in [0.3, 0.4) is 0 Å². The smallest absolute Gasteiger partial charge is 0.339 e. The summed E-state index contributed by atoms with van der Waals surface area (Å²) in [7, 11) is 0. The van der Waals surface area contributed by atoms with Crippen molar-refractivity contribution in [2.75, 3.05) is 6.54 Å². The van der Waals surface area contributed by atoms with Gasteiger partial charge in [0.1, 0.15) is 6.10 Å². The summed E-state index contributed by atoms with van der Waals surface area (Å²) in [5, 5.41) is 2.93.